The molecule has 0 saturated heterocycles. The molecule has 0 saturated carbocycles. The highest BCUT2D eigenvalue weighted by Crippen LogP contribution is 2.13. The van der Waals surface area contributed by atoms with Crippen molar-refractivity contribution < 1.29 is 9.90 Å². The van der Waals surface area contributed by atoms with Gasteiger partial charge in [-0.25, -0.2) is 9.78 Å². The van der Waals surface area contributed by atoms with Crippen LogP contribution in [0, 0.1) is 6.92 Å². The van der Waals surface area contributed by atoms with Gasteiger partial charge in [-0.2, -0.15) is 0 Å². The van der Waals surface area contributed by atoms with E-state index >= 15 is 0 Å². The number of aromatic nitrogens is 1. The summed E-state index contributed by atoms with van der Waals surface area (Å²) in [7, 11) is 0. The zero-order valence-electron chi connectivity index (χ0n) is 11.9. The number of aryl methyl sites for hydroxylation is 1. The van der Waals surface area contributed by atoms with E-state index in [2.05, 4.69) is 29.0 Å². The Morgan fingerprint density at radius 2 is 2.05 bits per heavy atom. The van der Waals surface area contributed by atoms with Crippen LogP contribution in [0.5, 0.6) is 0 Å². The van der Waals surface area contributed by atoms with Gasteiger partial charge in [0.15, 0.2) is 0 Å². The maximum absolute atomic E-state index is 11.1. The molecule has 0 radical (unpaired) electrons. The number of nitrogens with zero attached hydrogens (tertiary/aromatic N) is 2. The number of aromatic carboxylic acids is 1. The Morgan fingerprint density at radius 3 is 2.63 bits per heavy atom. The van der Waals surface area contributed by atoms with Gasteiger partial charge in [-0.15, -0.1) is 0 Å². The van der Waals surface area contributed by atoms with E-state index in [4.69, 9.17) is 5.11 Å². The van der Waals surface area contributed by atoms with Crippen molar-refractivity contribution in [2.75, 3.05) is 31.5 Å². The first-order chi connectivity index (χ1) is 9.08. The normalized spacial score (nSPS) is 10.7. The number of hydrogen-bond acceptors (Lipinski definition) is 4. The summed E-state index contributed by atoms with van der Waals surface area (Å²) in [5.74, 6) is -0.481. The van der Waals surface area contributed by atoms with Gasteiger partial charge in [0.25, 0.3) is 0 Å². The van der Waals surface area contributed by atoms with Gasteiger partial charge in [0.2, 0.25) is 0 Å². The lowest BCUT2D eigenvalue weighted by Gasteiger charge is -2.18. The smallest absolute Gasteiger partial charge is 0.339 e. The molecule has 0 unspecified atom stereocenters. The molecule has 1 rings (SSSR count). The van der Waals surface area contributed by atoms with E-state index in [1.165, 1.54) is 0 Å². The lowest BCUT2D eigenvalue weighted by atomic mass is 10.2. The molecule has 0 fully saturated rings. The highest BCUT2D eigenvalue weighted by Gasteiger charge is 2.11. The lowest BCUT2D eigenvalue weighted by Crippen LogP contribution is -2.25. The summed E-state index contributed by atoms with van der Waals surface area (Å²) < 4.78 is 0. The molecule has 1 aromatic heterocycles. The van der Waals surface area contributed by atoms with Crippen LogP contribution in [0.15, 0.2) is 12.1 Å². The van der Waals surface area contributed by atoms with Crippen LogP contribution in [-0.4, -0.2) is 47.1 Å². The van der Waals surface area contributed by atoms with E-state index in [1.54, 1.807) is 12.1 Å². The third kappa shape index (κ3) is 4.87. The number of carbonyl (C=O) groups is 1. The number of hydrogen-bond donors (Lipinski definition) is 2. The van der Waals surface area contributed by atoms with Crippen LogP contribution in [0.3, 0.4) is 0 Å². The first-order valence-corrected chi connectivity index (χ1v) is 6.75. The number of carboxylic acid groups (broad SMARTS) is 1. The molecule has 1 aromatic rings. The summed E-state index contributed by atoms with van der Waals surface area (Å²) in [4.78, 5) is 17.7. The molecule has 2 N–H and O–H groups in total. The number of pyridine rings is 1. The van der Waals surface area contributed by atoms with Gasteiger partial charge in [0.05, 0.1) is 0 Å². The van der Waals surface area contributed by atoms with Crippen LogP contribution in [0.1, 0.15) is 36.3 Å². The maximum Gasteiger partial charge on any atom is 0.339 e. The fourth-order valence-corrected chi connectivity index (χ4v) is 1.91. The molecule has 0 aliphatic heterocycles. The minimum absolute atomic E-state index is 0.230. The van der Waals surface area contributed by atoms with E-state index < -0.39 is 5.97 Å². The number of anilines is 1. The summed E-state index contributed by atoms with van der Waals surface area (Å²) in [6.45, 7) is 9.95. The van der Waals surface area contributed by atoms with Crippen molar-refractivity contribution in [3.8, 4) is 0 Å². The largest absolute Gasteiger partial charge is 0.478 e. The topological polar surface area (TPSA) is 65.5 Å². The quantitative estimate of drug-likeness (QED) is 0.706. The van der Waals surface area contributed by atoms with Crippen molar-refractivity contribution in [2.45, 2.75) is 27.2 Å². The molecule has 0 bridgehead atoms. The van der Waals surface area contributed by atoms with Crippen molar-refractivity contribution in [1.29, 1.82) is 0 Å². The highest BCUT2D eigenvalue weighted by atomic mass is 16.4. The minimum Gasteiger partial charge on any atom is -0.478 e. The SMILES string of the molecule is CCN(CC)CCCNc1nc(C)ccc1C(=O)O. The van der Waals surface area contributed by atoms with Crippen LogP contribution >= 0.6 is 0 Å². The zero-order chi connectivity index (χ0) is 14.3. The first kappa shape index (κ1) is 15.4. The van der Waals surface area contributed by atoms with E-state index in [0.717, 1.165) is 38.3 Å². The summed E-state index contributed by atoms with van der Waals surface area (Å²) in [6.07, 6.45) is 0.969. The molecular formula is C14H23N3O2. The summed E-state index contributed by atoms with van der Waals surface area (Å²) in [5.41, 5.74) is 1.05. The van der Waals surface area contributed by atoms with E-state index in [-0.39, 0.29) is 5.56 Å². The molecule has 0 atom stereocenters. The minimum atomic E-state index is -0.946. The van der Waals surface area contributed by atoms with Crippen LogP contribution < -0.4 is 5.32 Å². The average molecular weight is 265 g/mol. The van der Waals surface area contributed by atoms with Crippen molar-refractivity contribution >= 4 is 11.8 Å². The zero-order valence-corrected chi connectivity index (χ0v) is 11.9. The molecular weight excluding hydrogens is 242 g/mol. The first-order valence-electron chi connectivity index (χ1n) is 6.75. The second-order valence-electron chi connectivity index (χ2n) is 4.46. The number of carboxylic acids is 1. The van der Waals surface area contributed by atoms with E-state index in [0.29, 0.717) is 5.82 Å². The Balaban J connectivity index is 2.53. The molecule has 19 heavy (non-hydrogen) atoms. The molecule has 0 aromatic carbocycles. The Kier molecular flexibility index (Phi) is 6.29. The third-order valence-electron chi connectivity index (χ3n) is 3.10. The monoisotopic (exact) mass is 265 g/mol. The predicted octanol–water partition coefficient (Wildman–Crippen LogP) is 2.23. The van der Waals surface area contributed by atoms with Gasteiger partial charge in [-0.05, 0) is 45.1 Å². The molecule has 106 valence electrons. The second kappa shape index (κ2) is 7.74. The summed E-state index contributed by atoms with van der Waals surface area (Å²) in [5, 5.41) is 12.2. The van der Waals surface area contributed by atoms with Gasteiger partial charge in [-0.3, -0.25) is 0 Å². The number of nitrogens with one attached hydrogen (secondary N) is 1. The van der Waals surface area contributed by atoms with Crippen molar-refractivity contribution in [1.82, 2.24) is 9.88 Å². The molecule has 0 spiro atoms. The molecule has 5 heteroatoms. The lowest BCUT2D eigenvalue weighted by molar-refractivity contribution is 0.0697. The van der Waals surface area contributed by atoms with Crippen molar-refractivity contribution in [3.63, 3.8) is 0 Å². The van der Waals surface area contributed by atoms with Gasteiger partial charge in [-0.1, -0.05) is 13.8 Å². The van der Waals surface area contributed by atoms with Crippen LogP contribution in [-0.2, 0) is 0 Å². The predicted molar refractivity (Wildman–Crippen MR) is 76.8 cm³/mol. The fraction of sp³-hybridized carbons (Fsp3) is 0.571. The number of rotatable bonds is 8. The second-order valence-corrected chi connectivity index (χ2v) is 4.46. The van der Waals surface area contributed by atoms with Gasteiger partial charge in [0, 0.05) is 12.2 Å². The standard InChI is InChI=1S/C14H23N3O2/c1-4-17(5-2)10-6-9-15-13-12(14(18)19)8-7-11(3)16-13/h7-8H,4-6,9-10H2,1-3H3,(H,15,16)(H,18,19). The molecule has 0 amide bonds. The summed E-state index contributed by atoms with van der Waals surface area (Å²) >= 11 is 0. The molecule has 0 aliphatic carbocycles. The van der Waals surface area contributed by atoms with E-state index in [9.17, 15) is 4.79 Å². The molecule has 0 aliphatic rings. The van der Waals surface area contributed by atoms with E-state index in [1.807, 2.05) is 6.92 Å². The Morgan fingerprint density at radius 1 is 1.37 bits per heavy atom. The molecule has 1 heterocycles. The average Bonchev–Trinajstić information content (AvgIpc) is 2.38. The van der Waals surface area contributed by atoms with Gasteiger partial charge >= 0.3 is 5.97 Å². The van der Waals surface area contributed by atoms with Crippen LogP contribution in [0.2, 0.25) is 0 Å². The summed E-state index contributed by atoms with van der Waals surface area (Å²) in [6, 6.07) is 3.31. The van der Waals surface area contributed by atoms with Gasteiger partial charge in [0.1, 0.15) is 11.4 Å². The Labute approximate surface area is 114 Å². The van der Waals surface area contributed by atoms with Crippen LogP contribution in [0.25, 0.3) is 0 Å². The Bertz CT molecular complexity index is 417. The highest BCUT2D eigenvalue weighted by molar-refractivity contribution is 5.93. The molecule has 5 nitrogen and oxygen atoms in total. The Hall–Kier alpha value is -1.62. The van der Waals surface area contributed by atoms with Crippen molar-refractivity contribution in [3.05, 3.63) is 23.4 Å². The fourth-order valence-electron chi connectivity index (χ4n) is 1.91. The maximum atomic E-state index is 11.1. The van der Waals surface area contributed by atoms with Crippen LogP contribution in [0.4, 0.5) is 5.82 Å². The van der Waals surface area contributed by atoms with Gasteiger partial charge < -0.3 is 15.3 Å². The van der Waals surface area contributed by atoms with Crippen molar-refractivity contribution in [2.24, 2.45) is 0 Å². The third-order valence-corrected chi connectivity index (χ3v) is 3.10.